The van der Waals surface area contributed by atoms with E-state index in [2.05, 4.69) is 52.2 Å². The molecule has 454 valence electrons. The Hall–Kier alpha value is -9.24. The van der Waals surface area contributed by atoms with Crippen LogP contribution in [-0.4, -0.2) is 227 Å². The van der Waals surface area contributed by atoms with Crippen molar-refractivity contribution in [2.24, 2.45) is 0 Å². The molecule has 0 saturated heterocycles. The number of pyridine rings is 1. The number of nitrogens with one attached hydrogen (secondary N) is 8. The number of H-pyrrole nitrogens is 1. The van der Waals surface area contributed by atoms with Gasteiger partial charge in [0.1, 0.15) is 47.6 Å². The third-order valence-electron chi connectivity index (χ3n) is 13.1. The highest BCUT2D eigenvalue weighted by Gasteiger charge is 2.34. The molecule has 2 aromatic carbocycles. The largest absolute Gasteiger partial charge is 0.481 e. The number of carbonyl (C=O) groups excluding carboxylic acids is 5. The van der Waals surface area contributed by atoms with E-state index in [1.165, 1.54) is 19.4 Å². The fourth-order valence-corrected chi connectivity index (χ4v) is 8.84. The first-order valence-corrected chi connectivity index (χ1v) is 26.3. The molecule has 5 amide bonds. The van der Waals surface area contributed by atoms with Crippen LogP contribution >= 0.6 is 0 Å². The summed E-state index contributed by atoms with van der Waals surface area (Å²) in [5.41, 5.74) is -0.370. The van der Waals surface area contributed by atoms with Crippen LogP contribution in [0.15, 0.2) is 64.6 Å². The molecule has 0 radical (unpaired) electrons. The number of anilines is 2. The quantitative estimate of drug-likeness (QED) is 0.0161. The second-order valence-corrected chi connectivity index (χ2v) is 19.7. The van der Waals surface area contributed by atoms with Crippen LogP contribution in [0.4, 0.5) is 11.4 Å². The summed E-state index contributed by atoms with van der Waals surface area (Å²) in [6.07, 6.45) is 1.69. The number of aliphatic hydroxyl groups excluding tert-OH is 2. The number of rotatable bonds is 32. The maximum absolute atomic E-state index is 13.8. The van der Waals surface area contributed by atoms with Gasteiger partial charge in [-0.15, -0.1) is 0 Å². The van der Waals surface area contributed by atoms with E-state index in [1.807, 2.05) is 0 Å². The van der Waals surface area contributed by atoms with Crippen LogP contribution in [0, 0.1) is 0 Å². The zero-order valence-electron chi connectivity index (χ0n) is 45.4. The standard InChI is InChI=1S/C52H67N13O19/c1-28(47(78)59-35(17-31-19-53-27-55-31)50(81)61-37(25-66)51(82)60-34(16-29-6-3-2-4-7-29)49(80)62-38(26-67)52(83)84)56-48(79)36(18-39(68)69)58-44-43(45(76)46(44)77)54-9-5-8-30-14-32-20-64(23-41(72)73)12-10-63(22-40(70)71)11-13-65(24-42(74)75)21-33(15-30)57-32/h2-4,6-7,14-15,19,27-28,34-38,54,58,66-67H,5,8-13,16-18,20-26H2,1H3,(H,53,55)(H,56,79)(H,59,78)(H,60,82)(H,61,81)(H,62,80)(H,68,69)(H,70,71)(H,72,73)(H,74,75)(H,83,84)/t28-,34-,35-,36-,37-,38-/m0/s1. The number of aliphatic hydroxyl groups is 2. The molecule has 1 aliphatic heterocycles. The third-order valence-corrected chi connectivity index (χ3v) is 13.1. The van der Waals surface area contributed by atoms with Crippen molar-refractivity contribution >= 4 is 70.8 Å². The van der Waals surface area contributed by atoms with Gasteiger partial charge in [-0.3, -0.25) is 72.4 Å². The Morgan fingerprint density at radius 1 is 0.583 bits per heavy atom. The number of amides is 5. The first-order valence-electron chi connectivity index (χ1n) is 26.3. The van der Waals surface area contributed by atoms with Crippen molar-refractivity contribution in [1.82, 2.24) is 56.2 Å². The van der Waals surface area contributed by atoms with E-state index in [1.54, 1.807) is 57.2 Å². The van der Waals surface area contributed by atoms with Crippen molar-refractivity contribution in [3.8, 4) is 0 Å². The highest BCUT2D eigenvalue weighted by molar-refractivity contribution is 5.97. The maximum atomic E-state index is 13.8. The molecule has 84 heavy (non-hydrogen) atoms. The van der Waals surface area contributed by atoms with E-state index < -0.39 is 132 Å². The number of aryl methyl sites for hydroxylation is 1. The predicted molar refractivity (Wildman–Crippen MR) is 292 cm³/mol. The van der Waals surface area contributed by atoms with E-state index in [4.69, 9.17) is 0 Å². The number of aromatic nitrogens is 3. The SMILES string of the molecule is C[C@H](NC(=O)[C@H](CC(=O)O)Nc1c(NCCCc2cc3nc(c2)CN(CC(=O)O)CCN(CC(=O)O)CCN(CC(=O)O)C3)c(=O)c1=O)C(=O)N[C@@H](Cc1cnc[nH]1)C(=O)N[C@@H](CO)C(=O)N[C@@H](Cc1ccccc1)C(=O)N[C@@H](CO)C(=O)O. The molecule has 15 N–H and O–H groups in total. The molecule has 0 saturated carbocycles. The minimum Gasteiger partial charge on any atom is -0.481 e. The number of fused-ring (bicyclic) bond motifs is 2. The molecule has 0 spiro atoms. The van der Waals surface area contributed by atoms with E-state index in [0.717, 1.165) is 0 Å². The maximum Gasteiger partial charge on any atom is 0.328 e. The molecule has 3 heterocycles. The van der Waals surface area contributed by atoms with Crippen molar-refractivity contribution in [3.05, 3.63) is 104 Å². The summed E-state index contributed by atoms with van der Waals surface area (Å²) in [5, 5.41) is 84.5. The molecular formula is C52H67N13O19. The number of benzene rings is 1. The van der Waals surface area contributed by atoms with Crippen LogP contribution in [0.2, 0.25) is 0 Å². The number of hydrogen-bond acceptors (Lipinski definition) is 21. The Morgan fingerprint density at radius 3 is 1.62 bits per heavy atom. The van der Waals surface area contributed by atoms with E-state index in [-0.39, 0.29) is 89.7 Å². The summed E-state index contributed by atoms with van der Waals surface area (Å²) in [6, 6.07) is 1.73. The fourth-order valence-electron chi connectivity index (χ4n) is 8.84. The molecule has 2 aromatic heterocycles. The summed E-state index contributed by atoms with van der Waals surface area (Å²) in [6.45, 7) is -1.20. The number of hydrogen-bond donors (Lipinski definition) is 15. The second-order valence-electron chi connectivity index (χ2n) is 19.7. The molecule has 2 bridgehead atoms. The zero-order chi connectivity index (χ0) is 61.6. The van der Waals surface area contributed by atoms with Crippen LogP contribution in [0.25, 0.3) is 0 Å². The lowest BCUT2D eigenvalue weighted by Gasteiger charge is -2.29. The summed E-state index contributed by atoms with van der Waals surface area (Å²) in [4.78, 5) is 169. The Balaban J connectivity index is 1.24. The van der Waals surface area contributed by atoms with Gasteiger partial charge in [-0.2, -0.15) is 0 Å². The Kier molecular flexibility index (Phi) is 24.8. The summed E-state index contributed by atoms with van der Waals surface area (Å²) < 4.78 is 0. The van der Waals surface area contributed by atoms with Gasteiger partial charge in [-0.1, -0.05) is 30.3 Å². The highest BCUT2D eigenvalue weighted by Crippen LogP contribution is 2.19. The molecule has 0 fully saturated rings. The monoisotopic (exact) mass is 1180 g/mol. The predicted octanol–water partition coefficient (Wildman–Crippen LogP) is -5.13. The first kappa shape index (κ1) is 65.6. The summed E-state index contributed by atoms with van der Waals surface area (Å²) in [7, 11) is 0. The van der Waals surface area contributed by atoms with Gasteiger partial charge in [0, 0.05) is 70.5 Å². The van der Waals surface area contributed by atoms with Crippen LogP contribution in [0.5, 0.6) is 0 Å². The minimum absolute atomic E-state index is 0.0402. The van der Waals surface area contributed by atoms with Crippen LogP contribution in [-0.2, 0) is 80.3 Å². The zero-order valence-corrected chi connectivity index (χ0v) is 45.4. The topological polar surface area (TPSA) is 482 Å². The molecule has 4 aromatic rings. The average molecular weight is 1180 g/mol. The molecule has 32 nitrogen and oxygen atoms in total. The molecular weight excluding hydrogens is 1110 g/mol. The smallest absolute Gasteiger partial charge is 0.328 e. The number of carboxylic acid groups (broad SMARTS) is 5. The normalized spacial score (nSPS) is 15.5. The fraction of sp³-hybridized carbons (Fsp3) is 0.462. The van der Waals surface area contributed by atoms with Crippen molar-refractivity contribution in [2.45, 2.75) is 88.4 Å². The van der Waals surface area contributed by atoms with Crippen molar-refractivity contribution < 1.29 is 83.7 Å². The summed E-state index contributed by atoms with van der Waals surface area (Å²) >= 11 is 0. The Morgan fingerprint density at radius 2 is 1.08 bits per heavy atom. The molecule has 32 heteroatoms. The van der Waals surface area contributed by atoms with Gasteiger partial charge in [0.2, 0.25) is 29.5 Å². The van der Waals surface area contributed by atoms with Gasteiger partial charge >= 0.3 is 29.8 Å². The minimum atomic E-state index is -1.78. The Bertz CT molecular complexity index is 3000. The van der Waals surface area contributed by atoms with Gasteiger partial charge in [-0.25, -0.2) is 9.78 Å². The lowest BCUT2D eigenvalue weighted by Crippen LogP contribution is -2.60. The highest BCUT2D eigenvalue weighted by atomic mass is 16.4. The van der Waals surface area contributed by atoms with Crippen LogP contribution < -0.4 is 48.1 Å². The van der Waals surface area contributed by atoms with Gasteiger partial charge in [0.05, 0.1) is 57.0 Å². The average Bonchev–Trinajstić information content (AvgIpc) is 3.50. The van der Waals surface area contributed by atoms with Gasteiger partial charge in [-0.05, 0) is 43.0 Å². The van der Waals surface area contributed by atoms with Crippen LogP contribution in [0.3, 0.4) is 0 Å². The van der Waals surface area contributed by atoms with E-state index >= 15 is 0 Å². The van der Waals surface area contributed by atoms with Crippen molar-refractivity contribution in [2.75, 3.05) is 76.2 Å². The van der Waals surface area contributed by atoms with Gasteiger partial charge in [0.15, 0.2) is 0 Å². The molecule has 5 rings (SSSR count). The number of imidazole rings is 1. The van der Waals surface area contributed by atoms with Crippen LogP contribution in [0.1, 0.15) is 48.0 Å². The number of carbonyl (C=O) groups is 10. The molecule has 0 aliphatic carbocycles. The summed E-state index contributed by atoms with van der Waals surface area (Å²) in [5.74, 6) is -11.8. The Labute approximate surface area is 477 Å². The first-order chi connectivity index (χ1) is 39.9. The number of nitrogens with zero attached hydrogens (tertiary/aromatic N) is 5. The van der Waals surface area contributed by atoms with E-state index in [0.29, 0.717) is 35.4 Å². The number of carboxylic acids is 5. The van der Waals surface area contributed by atoms with Gasteiger partial charge in [0.25, 0.3) is 10.9 Å². The van der Waals surface area contributed by atoms with E-state index in [9.17, 15) is 93.3 Å². The number of aromatic amines is 1. The second kappa shape index (κ2) is 31.8. The number of aliphatic carboxylic acids is 5. The molecule has 0 unspecified atom stereocenters. The van der Waals surface area contributed by atoms with Crippen molar-refractivity contribution in [3.63, 3.8) is 0 Å². The lowest BCUT2D eigenvalue weighted by molar-refractivity contribution is -0.143. The van der Waals surface area contributed by atoms with Gasteiger partial charge < -0.3 is 77.9 Å². The third kappa shape index (κ3) is 20.6. The van der Waals surface area contributed by atoms with Crippen molar-refractivity contribution in [1.29, 1.82) is 0 Å². The molecule has 1 aliphatic rings. The lowest BCUT2D eigenvalue weighted by atomic mass is 10.0. The molecule has 6 atom stereocenters.